The SMILES string of the molecule is CN(C)CCCOc1ccc(C(=O)N(C)C)cc1N. The molecule has 0 aliphatic rings. The molecule has 0 atom stereocenters. The van der Waals surface area contributed by atoms with Crippen molar-refractivity contribution < 1.29 is 9.53 Å². The molecule has 1 rings (SSSR count). The highest BCUT2D eigenvalue weighted by atomic mass is 16.5. The summed E-state index contributed by atoms with van der Waals surface area (Å²) in [6.07, 6.45) is 0.935. The van der Waals surface area contributed by atoms with E-state index < -0.39 is 0 Å². The molecular formula is C14H23N3O2. The molecule has 0 saturated carbocycles. The normalized spacial score (nSPS) is 10.6. The summed E-state index contributed by atoms with van der Waals surface area (Å²) in [5, 5.41) is 0. The van der Waals surface area contributed by atoms with E-state index in [1.807, 2.05) is 14.1 Å². The van der Waals surface area contributed by atoms with Gasteiger partial charge in [-0.3, -0.25) is 4.79 Å². The Hall–Kier alpha value is -1.75. The molecule has 1 aromatic carbocycles. The molecule has 0 saturated heterocycles. The number of hydrogen-bond acceptors (Lipinski definition) is 4. The Labute approximate surface area is 114 Å². The van der Waals surface area contributed by atoms with E-state index in [0.29, 0.717) is 23.6 Å². The summed E-state index contributed by atoms with van der Waals surface area (Å²) in [6, 6.07) is 5.14. The van der Waals surface area contributed by atoms with Gasteiger partial charge in [0.1, 0.15) is 5.75 Å². The van der Waals surface area contributed by atoms with Crippen LogP contribution in [0.3, 0.4) is 0 Å². The van der Waals surface area contributed by atoms with E-state index in [-0.39, 0.29) is 5.91 Å². The molecule has 1 aromatic rings. The van der Waals surface area contributed by atoms with Crippen LogP contribution >= 0.6 is 0 Å². The molecule has 106 valence electrons. The van der Waals surface area contributed by atoms with Crippen LogP contribution in [0.25, 0.3) is 0 Å². The molecule has 19 heavy (non-hydrogen) atoms. The van der Waals surface area contributed by atoms with Crippen LogP contribution in [0.2, 0.25) is 0 Å². The number of anilines is 1. The van der Waals surface area contributed by atoms with E-state index in [4.69, 9.17) is 10.5 Å². The molecule has 0 aliphatic carbocycles. The molecule has 0 bridgehead atoms. The van der Waals surface area contributed by atoms with E-state index in [0.717, 1.165) is 13.0 Å². The number of carbonyl (C=O) groups excluding carboxylic acids is 1. The molecule has 0 aromatic heterocycles. The smallest absolute Gasteiger partial charge is 0.253 e. The van der Waals surface area contributed by atoms with E-state index in [9.17, 15) is 4.79 Å². The van der Waals surface area contributed by atoms with Gasteiger partial charge in [-0.1, -0.05) is 0 Å². The van der Waals surface area contributed by atoms with Crippen LogP contribution in [0.5, 0.6) is 5.75 Å². The second-order valence-electron chi connectivity index (χ2n) is 4.96. The Morgan fingerprint density at radius 2 is 1.95 bits per heavy atom. The Morgan fingerprint density at radius 1 is 1.26 bits per heavy atom. The van der Waals surface area contributed by atoms with Crippen molar-refractivity contribution in [3.05, 3.63) is 23.8 Å². The van der Waals surface area contributed by atoms with Gasteiger partial charge in [-0.25, -0.2) is 0 Å². The Morgan fingerprint density at radius 3 is 2.47 bits per heavy atom. The first-order chi connectivity index (χ1) is 8.91. The number of nitrogens with zero attached hydrogens (tertiary/aromatic N) is 2. The van der Waals surface area contributed by atoms with E-state index in [2.05, 4.69) is 4.90 Å². The summed E-state index contributed by atoms with van der Waals surface area (Å²) in [6.45, 7) is 1.58. The fraction of sp³-hybridized carbons (Fsp3) is 0.500. The van der Waals surface area contributed by atoms with Crippen molar-refractivity contribution in [2.24, 2.45) is 0 Å². The first kappa shape index (κ1) is 15.3. The molecular weight excluding hydrogens is 242 g/mol. The molecule has 0 spiro atoms. The van der Waals surface area contributed by atoms with Crippen LogP contribution in [-0.4, -0.2) is 57.0 Å². The predicted molar refractivity (Wildman–Crippen MR) is 77.5 cm³/mol. The van der Waals surface area contributed by atoms with Gasteiger partial charge in [0, 0.05) is 26.2 Å². The van der Waals surface area contributed by atoms with Crippen LogP contribution < -0.4 is 10.5 Å². The quantitative estimate of drug-likeness (QED) is 0.622. The number of carbonyl (C=O) groups is 1. The zero-order valence-corrected chi connectivity index (χ0v) is 12.1. The molecule has 5 heteroatoms. The van der Waals surface area contributed by atoms with Crippen LogP contribution in [-0.2, 0) is 0 Å². The van der Waals surface area contributed by atoms with Crippen molar-refractivity contribution in [3.8, 4) is 5.75 Å². The van der Waals surface area contributed by atoms with E-state index in [1.165, 1.54) is 4.90 Å². The van der Waals surface area contributed by atoms with Crippen LogP contribution in [0, 0.1) is 0 Å². The third-order valence-electron chi connectivity index (χ3n) is 2.67. The van der Waals surface area contributed by atoms with Gasteiger partial charge in [-0.2, -0.15) is 0 Å². The van der Waals surface area contributed by atoms with Crippen LogP contribution in [0.1, 0.15) is 16.8 Å². The van der Waals surface area contributed by atoms with Crippen molar-refractivity contribution in [2.45, 2.75) is 6.42 Å². The van der Waals surface area contributed by atoms with Crippen molar-refractivity contribution in [3.63, 3.8) is 0 Å². The molecule has 5 nitrogen and oxygen atoms in total. The summed E-state index contributed by atoms with van der Waals surface area (Å²) < 4.78 is 5.61. The average molecular weight is 265 g/mol. The van der Waals surface area contributed by atoms with Crippen molar-refractivity contribution in [1.82, 2.24) is 9.80 Å². The highest BCUT2D eigenvalue weighted by molar-refractivity contribution is 5.95. The second-order valence-corrected chi connectivity index (χ2v) is 4.96. The Kier molecular flexibility index (Phi) is 5.63. The van der Waals surface area contributed by atoms with Gasteiger partial charge < -0.3 is 20.3 Å². The predicted octanol–water partition coefficient (Wildman–Crippen LogP) is 1.30. The number of amides is 1. The van der Waals surface area contributed by atoms with Gasteiger partial charge in [0.25, 0.3) is 5.91 Å². The zero-order chi connectivity index (χ0) is 14.4. The van der Waals surface area contributed by atoms with Crippen LogP contribution in [0.15, 0.2) is 18.2 Å². The number of rotatable bonds is 6. The summed E-state index contributed by atoms with van der Waals surface area (Å²) in [5.41, 5.74) is 6.97. The third kappa shape index (κ3) is 4.79. The lowest BCUT2D eigenvalue weighted by atomic mass is 10.1. The lowest BCUT2D eigenvalue weighted by Gasteiger charge is -2.14. The molecule has 0 radical (unpaired) electrons. The third-order valence-corrected chi connectivity index (χ3v) is 2.67. The first-order valence-corrected chi connectivity index (χ1v) is 6.30. The number of hydrogen-bond donors (Lipinski definition) is 1. The van der Waals surface area contributed by atoms with E-state index >= 15 is 0 Å². The molecule has 0 unspecified atom stereocenters. The molecule has 0 heterocycles. The molecule has 2 N–H and O–H groups in total. The van der Waals surface area contributed by atoms with Crippen molar-refractivity contribution in [2.75, 3.05) is 47.1 Å². The highest BCUT2D eigenvalue weighted by Crippen LogP contribution is 2.23. The van der Waals surface area contributed by atoms with Crippen molar-refractivity contribution >= 4 is 11.6 Å². The van der Waals surface area contributed by atoms with Crippen LogP contribution in [0.4, 0.5) is 5.69 Å². The molecule has 0 fully saturated rings. The minimum absolute atomic E-state index is 0.0640. The molecule has 1 amide bonds. The lowest BCUT2D eigenvalue weighted by molar-refractivity contribution is 0.0827. The average Bonchev–Trinajstić information content (AvgIpc) is 2.34. The summed E-state index contributed by atoms with van der Waals surface area (Å²) in [5.74, 6) is 0.569. The highest BCUT2D eigenvalue weighted by Gasteiger charge is 2.10. The lowest BCUT2D eigenvalue weighted by Crippen LogP contribution is -2.21. The maximum absolute atomic E-state index is 11.8. The number of nitrogen functional groups attached to an aromatic ring is 1. The number of ether oxygens (including phenoxy) is 1. The Bertz CT molecular complexity index is 431. The second kappa shape index (κ2) is 6.99. The van der Waals surface area contributed by atoms with Gasteiger partial charge in [0.05, 0.1) is 12.3 Å². The van der Waals surface area contributed by atoms with Gasteiger partial charge >= 0.3 is 0 Å². The zero-order valence-electron chi connectivity index (χ0n) is 12.1. The Balaban J connectivity index is 2.60. The minimum Gasteiger partial charge on any atom is -0.491 e. The summed E-state index contributed by atoms with van der Waals surface area (Å²) >= 11 is 0. The maximum Gasteiger partial charge on any atom is 0.253 e. The minimum atomic E-state index is -0.0640. The summed E-state index contributed by atoms with van der Waals surface area (Å²) in [4.78, 5) is 15.4. The maximum atomic E-state index is 11.8. The van der Waals surface area contributed by atoms with E-state index in [1.54, 1.807) is 32.3 Å². The van der Waals surface area contributed by atoms with Gasteiger partial charge in [0.2, 0.25) is 0 Å². The molecule has 0 aliphatic heterocycles. The topological polar surface area (TPSA) is 58.8 Å². The monoisotopic (exact) mass is 265 g/mol. The van der Waals surface area contributed by atoms with Crippen molar-refractivity contribution in [1.29, 1.82) is 0 Å². The number of nitrogens with two attached hydrogens (primary N) is 1. The van der Waals surface area contributed by atoms with Gasteiger partial charge in [0.15, 0.2) is 0 Å². The van der Waals surface area contributed by atoms with Gasteiger partial charge in [-0.05, 0) is 38.7 Å². The van der Waals surface area contributed by atoms with Gasteiger partial charge in [-0.15, -0.1) is 0 Å². The number of benzene rings is 1. The summed E-state index contributed by atoms with van der Waals surface area (Å²) in [7, 11) is 7.47. The standard InChI is InChI=1S/C14H23N3O2/c1-16(2)8-5-9-19-13-7-6-11(10-12(13)15)14(18)17(3)4/h6-7,10H,5,8-9,15H2,1-4H3. The first-order valence-electron chi connectivity index (χ1n) is 6.30. The fourth-order valence-corrected chi connectivity index (χ4v) is 1.63. The largest absolute Gasteiger partial charge is 0.491 e. The fourth-order valence-electron chi connectivity index (χ4n) is 1.63.